The van der Waals surface area contributed by atoms with Gasteiger partial charge in [0.05, 0.1) is 11.2 Å². The molecule has 2 N–H and O–H groups in total. The molecule has 0 radical (unpaired) electrons. The fourth-order valence-electron chi connectivity index (χ4n) is 2.72. The van der Waals surface area contributed by atoms with Crippen molar-refractivity contribution in [2.75, 3.05) is 0 Å². The molecule has 0 unspecified atom stereocenters. The van der Waals surface area contributed by atoms with Crippen molar-refractivity contribution in [1.29, 1.82) is 0 Å². The zero-order valence-electron chi connectivity index (χ0n) is 13.7. The Balaban J connectivity index is 1.84. The molecule has 0 aliphatic rings. The Morgan fingerprint density at radius 2 is 2.08 bits per heavy atom. The number of rotatable bonds is 3. The topological polar surface area (TPSA) is 94.3 Å². The van der Waals surface area contributed by atoms with Gasteiger partial charge in [-0.15, -0.1) is 10.2 Å². The molecule has 1 aromatic carbocycles. The van der Waals surface area contributed by atoms with Crippen LogP contribution < -0.4 is 5.84 Å². The van der Waals surface area contributed by atoms with Crippen LogP contribution >= 0.6 is 0 Å². The average molecular weight is 353 g/mol. The summed E-state index contributed by atoms with van der Waals surface area (Å²) in [7, 11) is 0. The van der Waals surface area contributed by atoms with E-state index in [0.717, 1.165) is 0 Å². The fraction of sp³-hybridized carbons (Fsp3) is 0.118. The van der Waals surface area contributed by atoms with Gasteiger partial charge < -0.3 is 5.84 Å². The van der Waals surface area contributed by atoms with Crippen molar-refractivity contribution in [3.8, 4) is 0 Å². The van der Waals surface area contributed by atoms with E-state index < -0.39 is 11.6 Å². The number of fused-ring (bicyclic) bond motifs is 2. The highest BCUT2D eigenvalue weighted by molar-refractivity contribution is 5.96. The van der Waals surface area contributed by atoms with Crippen LogP contribution in [0.1, 0.15) is 24.0 Å². The SMILES string of the molecule is CC(=NN)c1ccc2nnc(Cc3c(F)cc4ncccc4c3F)n2n1. The van der Waals surface area contributed by atoms with Gasteiger partial charge >= 0.3 is 0 Å². The third kappa shape index (κ3) is 2.53. The first kappa shape index (κ1) is 16.0. The normalized spacial score (nSPS) is 12.2. The minimum atomic E-state index is -0.693. The second-order valence-corrected chi connectivity index (χ2v) is 5.72. The molecule has 26 heavy (non-hydrogen) atoms. The lowest BCUT2D eigenvalue weighted by Gasteiger charge is -2.07. The molecular weight excluding hydrogens is 340 g/mol. The summed E-state index contributed by atoms with van der Waals surface area (Å²) in [5.74, 6) is 4.22. The van der Waals surface area contributed by atoms with Gasteiger partial charge in [-0.3, -0.25) is 4.98 Å². The molecule has 0 saturated heterocycles. The molecule has 0 spiro atoms. The van der Waals surface area contributed by atoms with Gasteiger partial charge in [0.1, 0.15) is 17.3 Å². The second-order valence-electron chi connectivity index (χ2n) is 5.72. The highest BCUT2D eigenvalue weighted by Crippen LogP contribution is 2.24. The summed E-state index contributed by atoms with van der Waals surface area (Å²) < 4.78 is 30.7. The zero-order chi connectivity index (χ0) is 18.3. The summed E-state index contributed by atoms with van der Waals surface area (Å²) >= 11 is 0. The maximum Gasteiger partial charge on any atom is 0.177 e. The summed E-state index contributed by atoms with van der Waals surface area (Å²) in [6, 6.07) is 7.75. The largest absolute Gasteiger partial charge is 0.323 e. The minimum absolute atomic E-state index is 0.112. The molecule has 0 aliphatic carbocycles. The van der Waals surface area contributed by atoms with Gasteiger partial charge in [0.2, 0.25) is 0 Å². The predicted molar refractivity (Wildman–Crippen MR) is 91.6 cm³/mol. The van der Waals surface area contributed by atoms with Crippen molar-refractivity contribution in [3.63, 3.8) is 0 Å². The average Bonchev–Trinajstić information content (AvgIpc) is 3.06. The van der Waals surface area contributed by atoms with Crippen molar-refractivity contribution >= 4 is 22.3 Å². The standard InChI is InChI=1S/C17H13F2N7/c1-9(22-20)13-4-5-15-23-24-16(26(15)25-13)7-11-12(18)8-14-10(17(11)19)3-2-6-21-14/h2-6,8H,7,20H2,1H3. The lowest BCUT2D eigenvalue weighted by atomic mass is 10.1. The minimum Gasteiger partial charge on any atom is -0.323 e. The molecule has 7 nitrogen and oxygen atoms in total. The smallest absolute Gasteiger partial charge is 0.177 e. The summed E-state index contributed by atoms with van der Waals surface area (Å²) in [5, 5.41) is 16.2. The molecular formula is C17H13F2N7. The van der Waals surface area contributed by atoms with Crippen molar-refractivity contribution < 1.29 is 8.78 Å². The maximum absolute atomic E-state index is 14.8. The van der Waals surface area contributed by atoms with E-state index in [0.29, 0.717) is 22.9 Å². The predicted octanol–water partition coefficient (Wildman–Crippen LogP) is 2.22. The molecule has 0 aliphatic heterocycles. The van der Waals surface area contributed by atoms with E-state index in [1.54, 1.807) is 31.2 Å². The van der Waals surface area contributed by atoms with Crippen molar-refractivity contribution in [2.45, 2.75) is 13.3 Å². The van der Waals surface area contributed by atoms with Crippen LogP contribution in [0.15, 0.2) is 41.6 Å². The van der Waals surface area contributed by atoms with Gasteiger partial charge in [-0.25, -0.2) is 8.78 Å². The number of halogens is 2. The third-order valence-corrected chi connectivity index (χ3v) is 4.12. The van der Waals surface area contributed by atoms with Crippen molar-refractivity contribution in [1.82, 2.24) is 24.8 Å². The summed E-state index contributed by atoms with van der Waals surface area (Å²) in [6.45, 7) is 1.70. The van der Waals surface area contributed by atoms with Crippen LogP contribution in [-0.2, 0) is 6.42 Å². The van der Waals surface area contributed by atoms with Gasteiger partial charge in [0.15, 0.2) is 11.5 Å². The Hall–Kier alpha value is -3.49. The number of hydrogen-bond acceptors (Lipinski definition) is 6. The molecule has 0 atom stereocenters. The first-order chi connectivity index (χ1) is 12.6. The molecule has 9 heteroatoms. The molecule has 3 heterocycles. The zero-order valence-corrected chi connectivity index (χ0v) is 13.7. The first-order valence-corrected chi connectivity index (χ1v) is 7.76. The molecule has 0 bridgehead atoms. The molecule has 130 valence electrons. The van der Waals surface area contributed by atoms with E-state index in [1.165, 1.54) is 16.8 Å². The van der Waals surface area contributed by atoms with Crippen LogP contribution in [0.3, 0.4) is 0 Å². The van der Waals surface area contributed by atoms with Crippen LogP contribution in [0.4, 0.5) is 8.78 Å². The van der Waals surface area contributed by atoms with Crippen LogP contribution in [0.2, 0.25) is 0 Å². The summed E-state index contributed by atoms with van der Waals surface area (Å²) in [5.41, 5.74) is 1.63. The number of hydrazone groups is 1. The molecule has 4 aromatic rings. The van der Waals surface area contributed by atoms with Crippen LogP contribution in [0, 0.1) is 11.6 Å². The van der Waals surface area contributed by atoms with Crippen molar-refractivity contribution in [2.24, 2.45) is 10.9 Å². The lowest BCUT2D eigenvalue weighted by molar-refractivity contribution is 0.566. The number of nitrogens with zero attached hydrogens (tertiary/aromatic N) is 6. The van der Waals surface area contributed by atoms with Gasteiger partial charge in [0, 0.05) is 29.6 Å². The lowest BCUT2D eigenvalue weighted by Crippen LogP contribution is -2.09. The number of benzene rings is 1. The molecule has 4 rings (SSSR count). The molecule has 0 amide bonds. The highest BCUT2D eigenvalue weighted by Gasteiger charge is 2.18. The van der Waals surface area contributed by atoms with Gasteiger partial charge in [-0.2, -0.15) is 14.7 Å². The molecule has 0 fully saturated rings. The summed E-state index contributed by atoms with van der Waals surface area (Å²) in [4.78, 5) is 3.98. The van der Waals surface area contributed by atoms with Gasteiger partial charge in [0.25, 0.3) is 0 Å². The van der Waals surface area contributed by atoms with E-state index in [-0.39, 0.29) is 22.9 Å². The Bertz CT molecular complexity index is 1170. The van der Waals surface area contributed by atoms with E-state index in [1.807, 2.05) is 0 Å². The van der Waals surface area contributed by atoms with Gasteiger partial charge in [-0.1, -0.05) is 0 Å². The second kappa shape index (κ2) is 6.10. The van der Waals surface area contributed by atoms with E-state index >= 15 is 0 Å². The van der Waals surface area contributed by atoms with Gasteiger partial charge in [-0.05, 0) is 31.2 Å². The van der Waals surface area contributed by atoms with E-state index in [2.05, 4.69) is 25.4 Å². The number of nitrogens with two attached hydrogens (primary N) is 1. The first-order valence-electron chi connectivity index (χ1n) is 7.76. The Kier molecular flexibility index (Phi) is 3.76. The van der Waals surface area contributed by atoms with Crippen LogP contribution in [0.25, 0.3) is 16.6 Å². The Morgan fingerprint density at radius 3 is 2.88 bits per heavy atom. The van der Waals surface area contributed by atoms with E-state index in [9.17, 15) is 8.78 Å². The number of hydrogen-bond donors (Lipinski definition) is 1. The molecule has 3 aromatic heterocycles. The van der Waals surface area contributed by atoms with Crippen LogP contribution in [-0.4, -0.2) is 30.5 Å². The van der Waals surface area contributed by atoms with E-state index in [4.69, 9.17) is 5.84 Å². The highest BCUT2D eigenvalue weighted by atomic mass is 19.1. The fourth-order valence-corrected chi connectivity index (χ4v) is 2.72. The molecule has 0 saturated carbocycles. The third-order valence-electron chi connectivity index (χ3n) is 4.12. The summed E-state index contributed by atoms with van der Waals surface area (Å²) in [6.07, 6.45) is 1.37. The number of aromatic nitrogens is 5. The Morgan fingerprint density at radius 1 is 1.23 bits per heavy atom. The monoisotopic (exact) mass is 353 g/mol. The van der Waals surface area contributed by atoms with Crippen LogP contribution in [0.5, 0.6) is 0 Å². The number of pyridine rings is 1. The Labute approximate surface area is 146 Å². The quantitative estimate of drug-likeness (QED) is 0.346. The maximum atomic E-state index is 14.8. The van der Waals surface area contributed by atoms with Crippen molar-refractivity contribution in [3.05, 3.63) is 65.2 Å².